The number of piperazine rings is 1. The molecule has 2 rings (SSSR count). The molecule has 0 aliphatic carbocycles. The highest BCUT2D eigenvalue weighted by Gasteiger charge is 2.42. The average Bonchev–Trinajstić information content (AvgIpc) is 2.54. The minimum absolute atomic E-state index is 0.284. The van der Waals surface area contributed by atoms with Crippen molar-refractivity contribution >= 4 is 0 Å². The molecule has 0 radical (unpaired) electrons. The Hall–Kier alpha value is -0.120. The maximum atomic E-state index is 2.80. The largest absolute Gasteiger partial charge is 0.300 e. The van der Waals surface area contributed by atoms with E-state index in [-0.39, 0.29) is 5.54 Å². The summed E-state index contributed by atoms with van der Waals surface area (Å²) in [5.74, 6) is 0. The van der Waals surface area contributed by atoms with E-state index >= 15 is 0 Å². The van der Waals surface area contributed by atoms with E-state index in [1.165, 1.54) is 39.0 Å². The molecule has 3 heteroatoms. The van der Waals surface area contributed by atoms with Crippen molar-refractivity contribution in [2.75, 3.05) is 33.2 Å². The van der Waals surface area contributed by atoms with E-state index in [1.807, 2.05) is 0 Å². The number of likely N-dealkylation sites (N-methyl/N-ethyl adjacent to an activating group) is 1. The Labute approximate surface area is 126 Å². The highest BCUT2D eigenvalue weighted by molar-refractivity contribution is 4.99. The second kappa shape index (κ2) is 5.58. The van der Waals surface area contributed by atoms with Gasteiger partial charge in [0.15, 0.2) is 0 Å². The lowest BCUT2D eigenvalue weighted by molar-refractivity contribution is 0.00854. The SMILES string of the molecule is CN(CCN1C2CCC1CN(C(C)(C)C)C2)C(C)(C)C. The lowest BCUT2D eigenvalue weighted by atomic mass is 10.0. The summed E-state index contributed by atoms with van der Waals surface area (Å²) < 4.78 is 0. The van der Waals surface area contributed by atoms with E-state index in [2.05, 4.69) is 63.3 Å². The molecular formula is C17H35N3. The summed E-state index contributed by atoms with van der Waals surface area (Å²) >= 11 is 0. The van der Waals surface area contributed by atoms with Gasteiger partial charge in [0, 0.05) is 49.3 Å². The molecule has 118 valence electrons. The quantitative estimate of drug-likeness (QED) is 0.787. The maximum Gasteiger partial charge on any atom is 0.0228 e. The van der Waals surface area contributed by atoms with Gasteiger partial charge < -0.3 is 4.90 Å². The van der Waals surface area contributed by atoms with Gasteiger partial charge in [-0.25, -0.2) is 0 Å². The minimum atomic E-state index is 0.284. The topological polar surface area (TPSA) is 9.72 Å². The van der Waals surface area contributed by atoms with Crippen molar-refractivity contribution in [2.24, 2.45) is 0 Å². The number of likely N-dealkylation sites (tertiary alicyclic amines) is 1. The predicted molar refractivity (Wildman–Crippen MR) is 87.2 cm³/mol. The van der Waals surface area contributed by atoms with Crippen molar-refractivity contribution in [2.45, 2.75) is 77.5 Å². The van der Waals surface area contributed by atoms with E-state index in [9.17, 15) is 0 Å². The van der Waals surface area contributed by atoms with Crippen molar-refractivity contribution in [1.29, 1.82) is 0 Å². The Balaban J connectivity index is 1.90. The molecule has 0 amide bonds. The third kappa shape index (κ3) is 3.55. The van der Waals surface area contributed by atoms with Crippen molar-refractivity contribution < 1.29 is 0 Å². The van der Waals surface area contributed by atoms with E-state index in [4.69, 9.17) is 0 Å². The molecular weight excluding hydrogens is 246 g/mol. The first kappa shape index (κ1) is 16.3. The Morgan fingerprint density at radius 1 is 0.950 bits per heavy atom. The van der Waals surface area contributed by atoms with E-state index < -0.39 is 0 Å². The van der Waals surface area contributed by atoms with Crippen LogP contribution in [0.25, 0.3) is 0 Å². The molecule has 0 aromatic rings. The second-order valence-corrected chi connectivity index (χ2v) is 8.79. The second-order valence-electron chi connectivity index (χ2n) is 8.79. The minimum Gasteiger partial charge on any atom is -0.300 e. The van der Waals surface area contributed by atoms with Gasteiger partial charge in [-0.05, 0) is 61.4 Å². The van der Waals surface area contributed by atoms with Crippen LogP contribution < -0.4 is 0 Å². The van der Waals surface area contributed by atoms with E-state index in [1.54, 1.807) is 0 Å². The molecule has 0 aromatic carbocycles. The molecule has 2 bridgehead atoms. The van der Waals surface area contributed by atoms with Gasteiger partial charge in [0.2, 0.25) is 0 Å². The fourth-order valence-electron chi connectivity index (χ4n) is 3.50. The zero-order chi connectivity index (χ0) is 15.1. The Bertz CT molecular complexity index is 312. The predicted octanol–water partition coefficient (Wildman–Crippen LogP) is 2.66. The molecule has 2 unspecified atom stereocenters. The van der Waals surface area contributed by atoms with Crippen LogP contribution in [-0.4, -0.2) is 71.1 Å². The number of rotatable bonds is 3. The highest BCUT2D eigenvalue weighted by atomic mass is 15.4. The summed E-state index contributed by atoms with van der Waals surface area (Å²) in [6.45, 7) is 18.9. The Morgan fingerprint density at radius 3 is 1.85 bits per heavy atom. The number of hydrogen-bond acceptors (Lipinski definition) is 3. The summed E-state index contributed by atoms with van der Waals surface area (Å²) in [5, 5.41) is 0. The van der Waals surface area contributed by atoms with E-state index in [0.717, 1.165) is 12.1 Å². The van der Waals surface area contributed by atoms with E-state index in [0.29, 0.717) is 5.54 Å². The number of fused-ring (bicyclic) bond motifs is 2. The molecule has 0 saturated carbocycles. The van der Waals surface area contributed by atoms with Crippen LogP contribution in [0, 0.1) is 0 Å². The molecule has 0 aromatic heterocycles. The van der Waals surface area contributed by atoms with Gasteiger partial charge in [-0.3, -0.25) is 9.80 Å². The molecule has 2 fully saturated rings. The van der Waals surface area contributed by atoms with Gasteiger partial charge in [0.25, 0.3) is 0 Å². The molecule has 2 aliphatic heterocycles. The first-order chi connectivity index (χ1) is 9.09. The first-order valence-corrected chi connectivity index (χ1v) is 8.31. The number of nitrogens with zero attached hydrogens (tertiary/aromatic N) is 3. The molecule has 0 spiro atoms. The summed E-state index contributed by atoms with van der Waals surface area (Å²) in [5.41, 5.74) is 0.613. The van der Waals surface area contributed by atoms with Crippen LogP contribution in [0.5, 0.6) is 0 Å². The smallest absolute Gasteiger partial charge is 0.0228 e. The zero-order valence-corrected chi connectivity index (χ0v) is 14.7. The van der Waals surface area contributed by atoms with Gasteiger partial charge in [-0.15, -0.1) is 0 Å². The molecule has 2 heterocycles. The monoisotopic (exact) mass is 281 g/mol. The third-order valence-electron chi connectivity index (χ3n) is 5.42. The zero-order valence-electron chi connectivity index (χ0n) is 14.7. The van der Waals surface area contributed by atoms with Crippen molar-refractivity contribution in [3.8, 4) is 0 Å². The van der Waals surface area contributed by atoms with Gasteiger partial charge in [-0.1, -0.05) is 0 Å². The van der Waals surface area contributed by atoms with Gasteiger partial charge >= 0.3 is 0 Å². The molecule has 3 nitrogen and oxygen atoms in total. The van der Waals surface area contributed by atoms with Gasteiger partial charge in [0.05, 0.1) is 0 Å². The van der Waals surface area contributed by atoms with Crippen LogP contribution >= 0.6 is 0 Å². The summed E-state index contributed by atoms with van der Waals surface area (Å²) in [6.07, 6.45) is 2.80. The molecule has 2 saturated heterocycles. The summed E-state index contributed by atoms with van der Waals surface area (Å²) in [6, 6.07) is 1.59. The van der Waals surface area contributed by atoms with Crippen LogP contribution in [0.2, 0.25) is 0 Å². The summed E-state index contributed by atoms with van der Waals surface area (Å²) in [7, 11) is 2.26. The fraction of sp³-hybridized carbons (Fsp3) is 1.00. The fourth-order valence-corrected chi connectivity index (χ4v) is 3.50. The van der Waals surface area contributed by atoms with Crippen molar-refractivity contribution in [1.82, 2.24) is 14.7 Å². The molecule has 0 N–H and O–H groups in total. The third-order valence-corrected chi connectivity index (χ3v) is 5.42. The van der Waals surface area contributed by atoms with Gasteiger partial charge in [0.1, 0.15) is 0 Å². The normalized spacial score (nSPS) is 29.4. The maximum absolute atomic E-state index is 2.80. The van der Waals surface area contributed by atoms with Gasteiger partial charge in [-0.2, -0.15) is 0 Å². The Morgan fingerprint density at radius 2 is 1.45 bits per heavy atom. The van der Waals surface area contributed by atoms with Crippen LogP contribution in [0.3, 0.4) is 0 Å². The van der Waals surface area contributed by atoms with Crippen LogP contribution in [0.15, 0.2) is 0 Å². The lowest BCUT2D eigenvalue weighted by Gasteiger charge is -2.47. The highest BCUT2D eigenvalue weighted by Crippen LogP contribution is 2.33. The summed E-state index contributed by atoms with van der Waals surface area (Å²) in [4.78, 5) is 7.98. The Kier molecular flexibility index (Phi) is 4.54. The standard InChI is InChI=1S/C17H35N3/c1-16(2,3)18(7)10-11-20-14-8-9-15(20)13-19(12-14)17(4,5)6/h14-15H,8-13H2,1-7H3. The van der Waals surface area contributed by atoms with Crippen molar-refractivity contribution in [3.63, 3.8) is 0 Å². The first-order valence-electron chi connectivity index (χ1n) is 8.31. The lowest BCUT2D eigenvalue weighted by Crippen LogP contribution is -2.59. The van der Waals surface area contributed by atoms with Crippen LogP contribution in [-0.2, 0) is 0 Å². The molecule has 2 atom stereocenters. The van der Waals surface area contributed by atoms with Crippen molar-refractivity contribution in [3.05, 3.63) is 0 Å². The van der Waals surface area contributed by atoms with Crippen LogP contribution in [0.1, 0.15) is 54.4 Å². The van der Waals surface area contributed by atoms with Crippen LogP contribution in [0.4, 0.5) is 0 Å². The number of hydrogen-bond donors (Lipinski definition) is 0. The molecule has 2 aliphatic rings. The average molecular weight is 281 g/mol. The molecule has 20 heavy (non-hydrogen) atoms.